The van der Waals surface area contributed by atoms with Crippen molar-refractivity contribution in [2.75, 3.05) is 13.1 Å². The first-order valence-electron chi connectivity index (χ1n) is 9.33. The summed E-state index contributed by atoms with van der Waals surface area (Å²) in [5, 5.41) is 11.3. The number of aryl methyl sites for hydroxylation is 1. The van der Waals surface area contributed by atoms with Crippen LogP contribution in [0.15, 0.2) is 24.3 Å². The van der Waals surface area contributed by atoms with Crippen molar-refractivity contribution < 1.29 is 4.79 Å². The van der Waals surface area contributed by atoms with E-state index in [2.05, 4.69) is 48.7 Å². The summed E-state index contributed by atoms with van der Waals surface area (Å²) in [6, 6.07) is 8.58. The fourth-order valence-electron chi connectivity index (χ4n) is 3.98. The van der Waals surface area contributed by atoms with Gasteiger partial charge >= 0.3 is 0 Å². The number of rotatable bonds is 3. The summed E-state index contributed by atoms with van der Waals surface area (Å²) in [4.78, 5) is 12.9. The van der Waals surface area contributed by atoms with E-state index in [1.54, 1.807) is 0 Å². The topological polar surface area (TPSA) is 59.0 Å². The van der Waals surface area contributed by atoms with Crippen LogP contribution in [0.25, 0.3) is 5.69 Å². The minimum atomic E-state index is -0.0113. The number of piperidine rings is 1. The maximum absolute atomic E-state index is 12.9. The zero-order chi connectivity index (χ0) is 17.4. The molecule has 2 atom stereocenters. The van der Waals surface area contributed by atoms with Crippen LogP contribution in [0.2, 0.25) is 0 Å². The van der Waals surface area contributed by atoms with Crippen LogP contribution >= 0.6 is 12.4 Å². The molecule has 140 valence electrons. The second kappa shape index (κ2) is 7.80. The van der Waals surface area contributed by atoms with Gasteiger partial charge in [0.05, 0.1) is 5.69 Å². The molecule has 1 aromatic heterocycles. The normalized spacial score (nSPS) is 21.8. The smallest absolute Gasteiger partial charge is 0.272 e. The average Bonchev–Trinajstić information content (AvgIpc) is 3.20. The lowest BCUT2D eigenvalue weighted by molar-refractivity contribution is 0.0907. The number of halogens is 1. The van der Waals surface area contributed by atoms with Crippen molar-refractivity contribution in [3.05, 3.63) is 46.8 Å². The third-order valence-corrected chi connectivity index (χ3v) is 5.53. The van der Waals surface area contributed by atoms with E-state index in [9.17, 15) is 4.79 Å². The number of carbonyl (C=O) groups is 1. The van der Waals surface area contributed by atoms with Gasteiger partial charge in [-0.2, -0.15) is 5.10 Å². The van der Waals surface area contributed by atoms with Crippen molar-refractivity contribution in [1.29, 1.82) is 0 Å². The molecule has 1 amide bonds. The van der Waals surface area contributed by atoms with Crippen molar-refractivity contribution in [3.63, 3.8) is 0 Å². The molecule has 4 rings (SSSR count). The Hall–Kier alpha value is -1.85. The van der Waals surface area contributed by atoms with Crippen molar-refractivity contribution in [2.24, 2.45) is 5.92 Å². The Balaban J connectivity index is 0.00000196. The molecule has 2 heterocycles. The third kappa shape index (κ3) is 3.51. The van der Waals surface area contributed by atoms with Gasteiger partial charge in [0.1, 0.15) is 0 Å². The molecule has 0 saturated carbocycles. The Labute approximate surface area is 161 Å². The first-order valence-corrected chi connectivity index (χ1v) is 9.33. The highest BCUT2D eigenvalue weighted by Crippen LogP contribution is 2.28. The van der Waals surface area contributed by atoms with Gasteiger partial charge in [-0.3, -0.25) is 4.79 Å². The number of amides is 1. The maximum Gasteiger partial charge on any atom is 0.272 e. The first-order chi connectivity index (χ1) is 12.1. The fourth-order valence-corrected chi connectivity index (χ4v) is 3.98. The predicted molar refractivity (Wildman–Crippen MR) is 105 cm³/mol. The van der Waals surface area contributed by atoms with Crippen LogP contribution in [0.5, 0.6) is 0 Å². The molecule has 1 saturated heterocycles. The van der Waals surface area contributed by atoms with Gasteiger partial charge in [0.15, 0.2) is 5.69 Å². The minimum absolute atomic E-state index is 0. The molecule has 6 heteroatoms. The van der Waals surface area contributed by atoms with Gasteiger partial charge in [-0.1, -0.05) is 24.6 Å². The van der Waals surface area contributed by atoms with Crippen LogP contribution < -0.4 is 10.6 Å². The highest BCUT2D eigenvalue weighted by molar-refractivity contribution is 5.94. The third-order valence-electron chi connectivity index (χ3n) is 5.53. The zero-order valence-corrected chi connectivity index (χ0v) is 16.2. The molecular formula is C20H27ClN4O. The van der Waals surface area contributed by atoms with E-state index >= 15 is 0 Å². The van der Waals surface area contributed by atoms with E-state index in [0.717, 1.165) is 50.0 Å². The average molecular weight is 375 g/mol. The highest BCUT2D eigenvalue weighted by atomic mass is 35.5. The van der Waals surface area contributed by atoms with Crippen molar-refractivity contribution in [3.8, 4) is 5.69 Å². The Morgan fingerprint density at radius 3 is 2.77 bits per heavy atom. The Kier molecular flexibility index (Phi) is 5.68. The van der Waals surface area contributed by atoms with E-state index in [0.29, 0.717) is 11.6 Å². The molecule has 0 spiro atoms. The molecule has 0 bridgehead atoms. The molecule has 2 N–H and O–H groups in total. The monoisotopic (exact) mass is 374 g/mol. The molecule has 1 aliphatic carbocycles. The van der Waals surface area contributed by atoms with Gasteiger partial charge in [-0.25, -0.2) is 4.68 Å². The molecule has 0 radical (unpaired) electrons. The molecule has 1 fully saturated rings. The summed E-state index contributed by atoms with van der Waals surface area (Å²) in [6.45, 7) is 6.19. The molecule has 5 nitrogen and oxygen atoms in total. The maximum atomic E-state index is 12.9. The van der Waals surface area contributed by atoms with E-state index in [1.807, 2.05) is 4.68 Å². The summed E-state index contributed by atoms with van der Waals surface area (Å²) >= 11 is 0. The number of benzene rings is 1. The zero-order valence-electron chi connectivity index (χ0n) is 15.4. The van der Waals surface area contributed by atoms with Crippen LogP contribution in [0.4, 0.5) is 0 Å². The SMILES string of the molecule is Cc1ccc(-n2nc(C(=O)NC3CCNCC3C)c3c2CCC3)cc1.Cl. The molecule has 26 heavy (non-hydrogen) atoms. The van der Waals surface area contributed by atoms with Gasteiger partial charge < -0.3 is 10.6 Å². The standard InChI is InChI=1S/C20H26N4O.ClH/c1-13-6-8-15(9-7-13)24-18-5-3-4-16(18)19(23-24)20(25)22-17-10-11-21-12-14(17)2;/h6-9,14,17,21H,3-5,10-12H2,1-2H3,(H,22,25);1H. The van der Waals surface area contributed by atoms with Crippen LogP contribution in [-0.4, -0.2) is 34.8 Å². The summed E-state index contributed by atoms with van der Waals surface area (Å²) in [7, 11) is 0. The number of hydrogen-bond acceptors (Lipinski definition) is 3. The Morgan fingerprint density at radius 1 is 1.27 bits per heavy atom. The molecule has 1 aromatic carbocycles. The van der Waals surface area contributed by atoms with Crippen LogP contribution in [-0.2, 0) is 12.8 Å². The Bertz CT molecular complexity index is 784. The highest BCUT2D eigenvalue weighted by Gasteiger charge is 2.29. The molecule has 2 aliphatic rings. The lowest BCUT2D eigenvalue weighted by atomic mass is 9.95. The van der Waals surface area contributed by atoms with Gasteiger partial charge in [-0.05, 0) is 63.7 Å². The van der Waals surface area contributed by atoms with Gasteiger partial charge in [0.25, 0.3) is 5.91 Å². The van der Waals surface area contributed by atoms with Crippen LogP contribution in [0.3, 0.4) is 0 Å². The van der Waals surface area contributed by atoms with E-state index in [1.165, 1.54) is 11.3 Å². The number of carbonyl (C=O) groups excluding carboxylic acids is 1. The van der Waals surface area contributed by atoms with Crippen LogP contribution in [0, 0.1) is 12.8 Å². The van der Waals surface area contributed by atoms with Gasteiger partial charge in [0, 0.05) is 17.3 Å². The summed E-state index contributed by atoms with van der Waals surface area (Å²) in [5.41, 5.74) is 5.23. The number of aromatic nitrogens is 2. The minimum Gasteiger partial charge on any atom is -0.348 e. The van der Waals surface area contributed by atoms with E-state index in [4.69, 9.17) is 5.10 Å². The summed E-state index contributed by atoms with van der Waals surface area (Å²) < 4.78 is 1.97. The summed E-state index contributed by atoms with van der Waals surface area (Å²) in [6.07, 6.45) is 4.02. The quantitative estimate of drug-likeness (QED) is 0.868. The molecular weight excluding hydrogens is 348 g/mol. The number of nitrogens with zero attached hydrogens (tertiary/aromatic N) is 2. The number of hydrogen-bond donors (Lipinski definition) is 2. The van der Waals surface area contributed by atoms with E-state index < -0.39 is 0 Å². The predicted octanol–water partition coefficient (Wildman–Crippen LogP) is 2.82. The second-order valence-electron chi connectivity index (χ2n) is 7.42. The van der Waals surface area contributed by atoms with Crippen molar-refractivity contribution in [1.82, 2.24) is 20.4 Å². The number of nitrogens with one attached hydrogen (secondary N) is 2. The summed E-state index contributed by atoms with van der Waals surface area (Å²) in [5.74, 6) is 0.438. The fraction of sp³-hybridized carbons (Fsp3) is 0.500. The second-order valence-corrected chi connectivity index (χ2v) is 7.42. The van der Waals surface area contributed by atoms with Crippen molar-refractivity contribution in [2.45, 2.75) is 45.6 Å². The molecule has 1 aliphatic heterocycles. The lowest BCUT2D eigenvalue weighted by Crippen LogP contribution is -2.48. The number of fused-ring (bicyclic) bond motifs is 1. The van der Waals surface area contributed by atoms with E-state index in [-0.39, 0.29) is 24.4 Å². The lowest BCUT2D eigenvalue weighted by Gasteiger charge is -2.30. The van der Waals surface area contributed by atoms with Crippen LogP contribution in [0.1, 0.15) is 47.1 Å². The molecule has 2 aromatic rings. The van der Waals surface area contributed by atoms with Gasteiger partial charge in [0.2, 0.25) is 0 Å². The van der Waals surface area contributed by atoms with Gasteiger partial charge in [-0.15, -0.1) is 12.4 Å². The largest absolute Gasteiger partial charge is 0.348 e. The Morgan fingerprint density at radius 2 is 2.04 bits per heavy atom. The first kappa shape index (κ1) is 18.9. The van der Waals surface area contributed by atoms with Crippen molar-refractivity contribution >= 4 is 18.3 Å². The molecule has 2 unspecified atom stereocenters.